The monoisotopic (exact) mass is 364 g/mol. The summed E-state index contributed by atoms with van der Waals surface area (Å²) in [7, 11) is 0. The highest BCUT2D eigenvalue weighted by atomic mass is 35.5. The third-order valence-electron chi connectivity index (χ3n) is 2.93. The van der Waals surface area contributed by atoms with Gasteiger partial charge in [-0.05, 0) is 30.3 Å². The number of carbonyl (C=O) groups is 1. The van der Waals surface area contributed by atoms with E-state index in [4.69, 9.17) is 11.6 Å². The summed E-state index contributed by atoms with van der Waals surface area (Å²) in [6, 6.07) is 5.77. The van der Waals surface area contributed by atoms with E-state index in [1.54, 1.807) is 0 Å². The summed E-state index contributed by atoms with van der Waals surface area (Å²) < 4.78 is 64.5. The molecule has 0 unspecified atom stereocenters. The first-order valence-corrected chi connectivity index (χ1v) is 6.90. The van der Waals surface area contributed by atoms with Crippen LogP contribution >= 0.6 is 11.6 Å². The first-order valence-electron chi connectivity index (χ1n) is 6.52. The van der Waals surface area contributed by atoms with E-state index in [0.29, 0.717) is 0 Å². The van der Waals surface area contributed by atoms with Crippen molar-refractivity contribution in [1.82, 2.24) is 0 Å². The molecule has 0 saturated carbocycles. The Morgan fingerprint density at radius 2 is 1.75 bits per heavy atom. The molecule has 0 spiro atoms. The summed E-state index contributed by atoms with van der Waals surface area (Å²) in [5.41, 5.74) is -1.36. The molecule has 0 bridgehead atoms. The van der Waals surface area contributed by atoms with Crippen molar-refractivity contribution in [3.63, 3.8) is 0 Å². The van der Waals surface area contributed by atoms with Crippen LogP contribution in [0.3, 0.4) is 0 Å². The average molecular weight is 365 g/mol. The van der Waals surface area contributed by atoms with Crippen LogP contribution in [0, 0.1) is 11.6 Å². The predicted molar refractivity (Wildman–Crippen MR) is 79.9 cm³/mol. The molecule has 1 amide bonds. The van der Waals surface area contributed by atoms with Gasteiger partial charge in [0.05, 0.1) is 12.1 Å². The minimum Gasteiger partial charge on any atom is -0.376 e. The lowest BCUT2D eigenvalue weighted by atomic mass is 10.1. The fourth-order valence-corrected chi connectivity index (χ4v) is 2.03. The lowest BCUT2D eigenvalue weighted by Gasteiger charge is -2.15. The summed E-state index contributed by atoms with van der Waals surface area (Å²) in [5.74, 6) is -2.97. The van der Waals surface area contributed by atoms with Crippen molar-refractivity contribution in [3.05, 3.63) is 58.6 Å². The number of benzene rings is 2. The van der Waals surface area contributed by atoms with Gasteiger partial charge in [0.15, 0.2) is 11.6 Å². The van der Waals surface area contributed by atoms with Crippen LogP contribution in [0.1, 0.15) is 5.56 Å². The van der Waals surface area contributed by atoms with Gasteiger partial charge in [-0.25, -0.2) is 8.78 Å². The molecule has 24 heavy (non-hydrogen) atoms. The standard InChI is InChI=1S/C15H10ClF5N2O/c16-8-1-4-13(10(5-8)15(19,20)21)22-7-14(24)23-9-2-3-11(17)12(18)6-9/h1-6,22H,7H2,(H,23,24). The number of anilines is 2. The van der Waals surface area contributed by atoms with Gasteiger partial charge in [0, 0.05) is 22.5 Å². The molecule has 0 atom stereocenters. The first kappa shape index (κ1) is 18.0. The second-order valence-electron chi connectivity index (χ2n) is 4.72. The molecule has 0 aliphatic rings. The van der Waals surface area contributed by atoms with E-state index in [1.807, 2.05) is 0 Å². The van der Waals surface area contributed by atoms with E-state index in [9.17, 15) is 26.7 Å². The molecule has 0 aromatic heterocycles. The van der Waals surface area contributed by atoms with Crippen molar-refractivity contribution in [1.29, 1.82) is 0 Å². The minimum atomic E-state index is -4.65. The van der Waals surface area contributed by atoms with E-state index in [1.165, 1.54) is 6.07 Å². The number of nitrogens with one attached hydrogen (secondary N) is 2. The minimum absolute atomic E-state index is 0.0205. The molecule has 0 radical (unpaired) electrons. The topological polar surface area (TPSA) is 41.1 Å². The highest BCUT2D eigenvalue weighted by Gasteiger charge is 2.33. The highest BCUT2D eigenvalue weighted by molar-refractivity contribution is 6.30. The summed E-state index contributed by atoms with van der Waals surface area (Å²) in [5, 5.41) is 4.47. The van der Waals surface area contributed by atoms with Crippen LogP contribution in [0.25, 0.3) is 0 Å². The molecular weight excluding hydrogens is 355 g/mol. The van der Waals surface area contributed by atoms with E-state index in [-0.39, 0.29) is 16.4 Å². The Hall–Kier alpha value is -2.35. The molecule has 3 nitrogen and oxygen atoms in total. The van der Waals surface area contributed by atoms with Crippen molar-refractivity contribution < 1.29 is 26.7 Å². The maximum Gasteiger partial charge on any atom is 0.418 e. The zero-order valence-electron chi connectivity index (χ0n) is 11.8. The number of hydrogen-bond acceptors (Lipinski definition) is 2. The van der Waals surface area contributed by atoms with Crippen LogP contribution in [0.4, 0.5) is 33.3 Å². The van der Waals surface area contributed by atoms with Crippen molar-refractivity contribution in [2.75, 3.05) is 17.2 Å². The van der Waals surface area contributed by atoms with Gasteiger partial charge in [-0.3, -0.25) is 4.79 Å². The maximum atomic E-state index is 13.0. The normalized spacial score (nSPS) is 11.2. The van der Waals surface area contributed by atoms with Crippen molar-refractivity contribution in [2.24, 2.45) is 0 Å². The van der Waals surface area contributed by atoms with Gasteiger partial charge in [-0.15, -0.1) is 0 Å². The Balaban J connectivity index is 2.05. The highest BCUT2D eigenvalue weighted by Crippen LogP contribution is 2.36. The number of halogens is 6. The summed E-state index contributed by atoms with van der Waals surface area (Å²) in [6.07, 6.45) is -4.65. The molecule has 2 aromatic rings. The molecule has 2 rings (SSSR count). The zero-order valence-corrected chi connectivity index (χ0v) is 12.6. The Bertz CT molecular complexity index is 764. The number of hydrogen-bond donors (Lipinski definition) is 2. The van der Waals surface area contributed by atoms with Crippen LogP contribution in [-0.4, -0.2) is 12.5 Å². The Labute approximate surface area is 138 Å². The van der Waals surface area contributed by atoms with Crippen LogP contribution < -0.4 is 10.6 Å². The third kappa shape index (κ3) is 4.58. The molecule has 0 heterocycles. The summed E-state index contributed by atoms with van der Waals surface area (Å²) in [4.78, 5) is 11.7. The smallest absolute Gasteiger partial charge is 0.376 e. The number of amides is 1. The van der Waals surface area contributed by atoms with E-state index >= 15 is 0 Å². The fourth-order valence-electron chi connectivity index (χ4n) is 1.86. The number of alkyl halides is 3. The molecular formula is C15H10ClF5N2O. The summed E-state index contributed by atoms with van der Waals surface area (Å²) >= 11 is 5.55. The van der Waals surface area contributed by atoms with Crippen molar-refractivity contribution in [2.45, 2.75) is 6.18 Å². The van der Waals surface area contributed by atoms with E-state index < -0.39 is 35.8 Å². The zero-order chi connectivity index (χ0) is 17.9. The molecule has 2 N–H and O–H groups in total. The van der Waals surface area contributed by atoms with E-state index in [0.717, 1.165) is 30.3 Å². The SMILES string of the molecule is O=C(CNc1ccc(Cl)cc1C(F)(F)F)Nc1ccc(F)c(F)c1. The fraction of sp³-hybridized carbons (Fsp3) is 0.133. The second-order valence-corrected chi connectivity index (χ2v) is 5.15. The molecule has 128 valence electrons. The van der Waals surface area contributed by atoms with Crippen LogP contribution in [0.5, 0.6) is 0 Å². The Morgan fingerprint density at radius 1 is 1.04 bits per heavy atom. The van der Waals surface area contributed by atoms with Gasteiger partial charge in [-0.1, -0.05) is 11.6 Å². The van der Waals surface area contributed by atoms with Gasteiger partial charge in [0.1, 0.15) is 0 Å². The lowest BCUT2D eigenvalue weighted by molar-refractivity contribution is -0.137. The van der Waals surface area contributed by atoms with Gasteiger partial charge < -0.3 is 10.6 Å². The van der Waals surface area contributed by atoms with Gasteiger partial charge in [-0.2, -0.15) is 13.2 Å². The van der Waals surface area contributed by atoms with Gasteiger partial charge in [0.2, 0.25) is 5.91 Å². The predicted octanol–water partition coefficient (Wildman–Crippen LogP) is 4.69. The van der Waals surface area contributed by atoms with Crippen LogP contribution in [0.15, 0.2) is 36.4 Å². The van der Waals surface area contributed by atoms with Crippen LogP contribution in [-0.2, 0) is 11.0 Å². The third-order valence-corrected chi connectivity index (χ3v) is 3.16. The molecule has 2 aromatic carbocycles. The van der Waals surface area contributed by atoms with Crippen LogP contribution in [0.2, 0.25) is 5.02 Å². The molecule has 0 saturated heterocycles. The quantitative estimate of drug-likeness (QED) is 0.773. The molecule has 0 fully saturated rings. The number of rotatable bonds is 4. The van der Waals surface area contributed by atoms with E-state index in [2.05, 4.69) is 10.6 Å². The average Bonchev–Trinajstić information content (AvgIpc) is 2.49. The second kappa shape index (κ2) is 7.04. The Morgan fingerprint density at radius 3 is 2.38 bits per heavy atom. The van der Waals surface area contributed by atoms with Crippen molar-refractivity contribution >= 4 is 28.9 Å². The molecule has 0 aliphatic heterocycles. The molecule has 0 aliphatic carbocycles. The maximum absolute atomic E-state index is 13.0. The molecule has 9 heteroatoms. The van der Waals surface area contributed by atoms with Gasteiger partial charge >= 0.3 is 6.18 Å². The number of carbonyl (C=O) groups excluding carboxylic acids is 1. The van der Waals surface area contributed by atoms with Crippen molar-refractivity contribution in [3.8, 4) is 0 Å². The first-order chi connectivity index (χ1) is 11.2. The summed E-state index contributed by atoms with van der Waals surface area (Å²) in [6.45, 7) is -0.510. The Kier molecular flexibility index (Phi) is 5.28. The lowest BCUT2D eigenvalue weighted by Crippen LogP contribution is -2.23. The van der Waals surface area contributed by atoms with Gasteiger partial charge in [0.25, 0.3) is 0 Å². The largest absolute Gasteiger partial charge is 0.418 e.